The lowest BCUT2D eigenvalue weighted by atomic mass is 10.1. The third-order valence-corrected chi connectivity index (χ3v) is 6.73. The topological polar surface area (TPSA) is 198 Å². The third-order valence-electron chi connectivity index (χ3n) is 6.73. The van der Waals surface area contributed by atoms with Gasteiger partial charge < -0.3 is 49.1 Å². The zero-order chi connectivity index (χ0) is 37.7. The number of likely N-dealkylation sites (N-methyl/N-ethyl adjacent to an activating group) is 1. The monoisotopic (exact) mass is 718 g/mol. The first-order chi connectivity index (χ1) is 24.3. The van der Waals surface area contributed by atoms with Crippen LogP contribution >= 0.6 is 0 Å². The van der Waals surface area contributed by atoms with Crippen LogP contribution in [0.5, 0.6) is 0 Å². The molecule has 16 nitrogen and oxygen atoms in total. The molecule has 0 saturated heterocycles. The van der Waals surface area contributed by atoms with Crippen LogP contribution < -0.4 is 21.3 Å². The summed E-state index contributed by atoms with van der Waals surface area (Å²) in [6.07, 6.45) is -3.53. The van der Waals surface area contributed by atoms with Gasteiger partial charge in [-0.1, -0.05) is 60.7 Å². The van der Waals surface area contributed by atoms with Crippen LogP contribution in [0.2, 0.25) is 0 Å². The first-order valence-corrected chi connectivity index (χ1v) is 16.3. The van der Waals surface area contributed by atoms with Crippen molar-refractivity contribution in [1.82, 2.24) is 21.3 Å². The second-order valence-corrected chi connectivity index (χ2v) is 12.0. The Kier molecular flexibility index (Phi) is 18.4. The summed E-state index contributed by atoms with van der Waals surface area (Å²) in [7, 11) is 2.73. The van der Waals surface area contributed by atoms with Crippen LogP contribution in [0.3, 0.4) is 0 Å². The molecule has 0 unspecified atom stereocenters. The van der Waals surface area contributed by atoms with Gasteiger partial charge in [-0.15, -0.1) is 0 Å². The number of carbonyl (C=O) groups excluding carboxylic acids is 5. The fraction of sp³-hybridized carbons (Fsp3) is 0.514. The van der Waals surface area contributed by atoms with Gasteiger partial charge in [-0.25, -0.2) is 19.2 Å². The fourth-order valence-electron chi connectivity index (χ4n) is 4.21. The molecule has 0 spiro atoms. The van der Waals surface area contributed by atoms with Crippen LogP contribution in [0.15, 0.2) is 60.7 Å². The van der Waals surface area contributed by atoms with Crippen molar-refractivity contribution in [2.45, 2.75) is 64.4 Å². The van der Waals surface area contributed by atoms with Gasteiger partial charge >= 0.3 is 35.8 Å². The summed E-state index contributed by atoms with van der Waals surface area (Å²) in [5, 5.41) is 10.5. The first kappa shape index (κ1) is 42.4. The SMILES string of the molecule is CNCCOC[C@H](NC(=O)OCc1ccccc1)C(=O)O[C@](NC(=O)OCc1ccccc1)(C(=O)OC)[C@H](C)OCCNCC(=O)OC(C)(C)C. The van der Waals surface area contributed by atoms with Crippen LogP contribution in [-0.2, 0) is 60.8 Å². The number of alkyl carbamates (subject to hydrolysis) is 2. The lowest BCUT2D eigenvalue weighted by Gasteiger charge is -2.36. The van der Waals surface area contributed by atoms with Crippen LogP contribution in [0.1, 0.15) is 38.8 Å². The smallest absolute Gasteiger partial charge is 0.411 e. The Morgan fingerprint density at radius 2 is 1.37 bits per heavy atom. The largest absolute Gasteiger partial charge is 0.465 e. The van der Waals surface area contributed by atoms with E-state index < -0.39 is 53.6 Å². The molecule has 2 aromatic carbocycles. The van der Waals surface area contributed by atoms with E-state index in [1.807, 2.05) is 6.07 Å². The normalized spacial score (nSPS) is 13.5. The Balaban J connectivity index is 2.28. The molecule has 0 fully saturated rings. The summed E-state index contributed by atoms with van der Waals surface area (Å²) in [5.74, 6) is -2.90. The molecular weight excluding hydrogens is 668 g/mol. The number of benzene rings is 2. The molecule has 0 aromatic heterocycles. The van der Waals surface area contributed by atoms with E-state index in [0.717, 1.165) is 7.11 Å². The summed E-state index contributed by atoms with van der Waals surface area (Å²) in [5.41, 5.74) is -1.95. The van der Waals surface area contributed by atoms with Crippen molar-refractivity contribution in [2.75, 3.05) is 53.6 Å². The molecule has 0 bridgehead atoms. The molecule has 2 rings (SSSR count). The zero-order valence-corrected chi connectivity index (χ0v) is 30.0. The van der Waals surface area contributed by atoms with Crippen molar-refractivity contribution in [3.8, 4) is 0 Å². The number of nitrogens with one attached hydrogen (secondary N) is 4. The third kappa shape index (κ3) is 16.2. The van der Waals surface area contributed by atoms with Crippen LogP contribution in [0.4, 0.5) is 9.59 Å². The van der Waals surface area contributed by atoms with E-state index in [0.29, 0.717) is 17.7 Å². The van der Waals surface area contributed by atoms with Gasteiger partial charge in [0.05, 0.1) is 33.5 Å². The van der Waals surface area contributed by atoms with E-state index in [9.17, 15) is 24.0 Å². The van der Waals surface area contributed by atoms with Crippen LogP contribution in [0.25, 0.3) is 0 Å². The molecule has 0 heterocycles. The number of carbonyl (C=O) groups is 5. The number of methoxy groups -OCH3 is 1. The molecule has 0 radical (unpaired) electrons. The molecule has 51 heavy (non-hydrogen) atoms. The average Bonchev–Trinajstić information content (AvgIpc) is 3.10. The summed E-state index contributed by atoms with van der Waals surface area (Å²) < 4.78 is 37.9. The number of esters is 3. The highest BCUT2D eigenvalue weighted by Crippen LogP contribution is 2.21. The second kappa shape index (κ2) is 22.1. The second-order valence-electron chi connectivity index (χ2n) is 12.0. The molecule has 2 aromatic rings. The highest BCUT2D eigenvalue weighted by Gasteiger charge is 2.53. The molecule has 0 aliphatic heterocycles. The summed E-state index contributed by atoms with van der Waals surface area (Å²) in [4.78, 5) is 65.2. The fourth-order valence-corrected chi connectivity index (χ4v) is 4.21. The van der Waals surface area contributed by atoms with E-state index >= 15 is 0 Å². The standard InChI is InChI=1S/C35H50N4O12/c1-25(47-20-18-37-21-29(40)50-34(2,3)4)35(31(42)45-6,39-33(44)49-23-27-15-11-8-12-16-27)51-30(41)28(24-46-19-17-36-5)38-32(43)48-22-26-13-9-7-10-14-26/h7-16,25,28,36-37H,17-24H2,1-6H3,(H,38,43)(H,39,44)/t25-,28-,35-/m0/s1. The maximum absolute atomic E-state index is 13.8. The highest BCUT2D eigenvalue weighted by molar-refractivity contribution is 5.89. The van der Waals surface area contributed by atoms with Gasteiger partial charge in [-0.3, -0.25) is 10.1 Å². The molecule has 282 valence electrons. The maximum Gasteiger partial charge on any atom is 0.411 e. The lowest BCUT2D eigenvalue weighted by Crippen LogP contribution is -2.66. The van der Waals surface area contributed by atoms with E-state index in [1.54, 1.807) is 82.4 Å². The van der Waals surface area contributed by atoms with Crippen LogP contribution in [0, 0.1) is 0 Å². The lowest BCUT2D eigenvalue weighted by molar-refractivity contribution is -0.205. The Hall–Kier alpha value is -4.77. The molecule has 2 amide bonds. The Labute approximate surface area is 298 Å². The van der Waals surface area contributed by atoms with Gasteiger partial charge in [0, 0.05) is 13.1 Å². The minimum Gasteiger partial charge on any atom is -0.465 e. The number of rotatable bonds is 21. The van der Waals surface area contributed by atoms with Crippen molar-refractivity contribution in [2.24, 2.45) is 0 Å². The summed E-state index contributed by atoms with van der Waals surface area (Å²) >= 11 is 0. The minimum absolute atomic E-state index is 0.0944. The molecule has 0 saturated carbocycles. The average molecular weight is 719 g/mol. The van der Waals surface area contributed by atoms with E-state index in [-0.39, 0.29) is 46.1 Å². The van der Waals surface area contributed by atoms with E-state index in [4.69, 9.17) is 33.2 Å². The molecule has 0 aliphatic rings. The predicted molar refractivity (Wildman–Crippen MR) is 183 cm³/mol. The maximum atomic E-state index is 13.8. The van der Waals surface area contributed by atoms with Gasteiger partial charge in [-0.05, 0) is 45.9 Å². The van der Waals surface area contributed by atoms with Crippen molar-refractivity contribution in [1.29, 1.82) is 0 Å². The number of ether oxygens (including phenoxy) is 7. The van der Waals surface area contributed by atoms with Crippen molar-refractivity contribution < 1.29 is 57.1 Å². The summed E-state index contributed by atoms with van der Waals surface area (Å²) in [6.45, 7) is 6.34. The Morgan fingerprint density at radius 1 is 0.784 bits per heavy atom. The van der Waals surface area contributed by atoms with Gasteiger partial charge in [0.15, 0.2) is 6.04 Å². The molecule has 4 N–H and O–H groups in total. The molecule has 3 atom stereocenters. The highest BCUT2D eigenvalue weighted by atomic mass is 16.6. The zero-order valence-electron chi connectivity index (χ0n) is 30.0. The van der Waals surface area contributed by atoms with Crippen LogP contribution in [-0.4, -0.2) is 107 Å². The van der Waals surface area contributed by atoms with Gasteiger partial charge in [-0.2, -0.15) is 0 Å². The summed E-state index contributed by atoms with van der Waals surface area (Å²) in [6, 6.07) is 16.1. The quantitative estimate of drug-likeness (QED) is 0.0634. The molecular formula is C35H50N4O12. The first-order valence-electron chi connectivity index (χ1n) is 16.3. The van der Waals surface area contributed by atoms with Gasteiger partial charge in [0.1, 0.15) is 24.9 Å². The van der Waals surface area contributed by atoms with Crippen molar-refractivity contribution in [3.63, 3.8) is 0 Å². The van der Waals surface area contributed by atoms with Crippen molar-refractivity contribution in [3.05, 3.63) is 71.8 Å². The van der Waals surface area contributed by atoms with Gasteiger partial charge in [0.2, 0.25) is 0 Å². The van der Waals surface area contributed by atoms with E-state index in [2.05, 4.69) is 21.3 Å². The van der Waals surface area contributed by atoms with E-state index in [1.165, 1.54) is 6.92 Å². The number of hydrogen-bond donors (Lipinski definition) is 4. The predicted octanol–water partition coefficient (Wildman–Crippen LogP) is 2.19. The number of amides is 2. The van der Waals surface area contributed by atoms with Gasteiger partial charge in [0.25, 0.3) is 0 Å². The molecule has 16 heteroatoms. The van der Waals surface area contributed by atoms with Crippen molar-refractivity contribution >= 4 is 30.1 Å². The Morgan fingerprint density at radius 3 is 1.92 bits per heavy atom. The Bertz CT molecular complexity index is 1370. The molecule has 0 aliphatic carbocycles. The number of hydrogen-bond acceptors (Lipinski definition) is 14. The minimum atomic E-state index is -2.62.